The molecule has 0 fully saturated rings. The van der Waals surface area contributed by atoms with Gasteiger partial charge < -0.3 is 10.1 Å². The van der Waals surface area contributed by atoms with Gasteiger partial charge in [0.25, 0.3) is 0 Å². The molecule has 0 heterocycles. The third-order valence-corrected chi connectivity index (χ3v) is 1.51. The number of rotatable bonds is 5. The summed E-state index contributed by atoms with van der Waals surface area (Å²) >= 11 is 0. The summed E-state index contributed by atoms with van der Waals surface area (Å²) in [5.74, 6) is 0.697. The molecule has 0 aliphatic carbocycles. The molecule has 0 aliphatic rings. The fourth-order valence-electron chi connectivity index (χ4n) is 0.894. The first kappa shape index (κ1) is 11.5. The van der Waals surface area contributed by atoms with Gasteiger partial charge in [-0.1, -0.05) is 12.7 Å². The molecule has 0 aromatic rings. The Kier molecular flexibility index (Phi) is 5.35. The molecule has 3 nitrogen and oxygen atoms in total. The molecule has 72 valence electrons. The lowest BCUT2D eigenvalue weighted by Gasteiger charge is -2.10. The van der Waals surface area contributed by atoms with E-state index in [2.05, 4.69) is 23.6 Å². The van der Waals surface area contributed by atoms with Crippen molar-refractivity contribution >= 4 is 6.72 Å². The Hall–Kier alpha value is -1.51. The highest BCUT2D eigenvalue weighted by Gasteiger charge is 2.04. The summed E-state index contributed by atoms with van der Waals surface area (Å²) in [7, 11) is 3.39. The first-order chi connectivity index (χ1) is 6.21. The number of hydrogen-bond donors (Lipinski definition) is 1. The number of nitrogens with zero attached hydrogens (tertiary/aromatic N) is 1. The zero-order valence-corrected chi connectivity index (χ0v) is 8.42. The van der Waals surface area contributed by atoms with Crippen LogP contribution in [-0.2, 0) is 4.74 Å². The third-order valence-electron chi connectivity index (χ3n) is 1.51. The van der Waals surface area contributed by atoms with E-state index in [1.54, 1.807) is 14.2 Å². The lowest BCUT2D eigenvalue weighted by molar-refractivity contribution is 0.300. The maximum Gasteiger partial charge on any atom is 0.143 e. The summed E-state index contributed by atoms with van der Waals surface area (Å²) in [6.45, 7) is 9.05. The Morgan fingerprint density at radius 3 is 2.46 bits per heavy atom. The second-order valence-corrected chi connectivity index (χ2v) is 2.30. The molecule has 0 saturated carbocycles. The predicted molar refractivity (Wildman–Crippen MR) is 56.6 cm³/mol. The maximum atomic E-state index is 5.15. The van der Waals surface area contributed by atoms with Crippen LogP contribution in [0.25, 0.3) is 0 Å². The average Bonchev–Trinajstić information content (AvgIpc) is 2.17. The summed E-state index contributed by atoms with van der Waals surface area (Å²) in [4.78, 5) is 3.73. The molecule has 0 bridgehead atoms. The van der Waals surface area contributed by atoms with Crippen LogP contribution < -0.4 is 5.32 Å². The SMILES string of the molecule is C=NC(=C)/C(NC)=C(\C=C/C)OC. The van der Waals surface area contributed by atoms with Gasteiger partial charge in [0.2, 0.25) is 0 Å². The van der Waals surface area contributed by atoms with Gasteiger partial charge in [0.1, 0.15) is 11.5 Å². The number of allylic oxidation sites excluding steroid dienone is 2. The van der Waals surface area contributed by atoms with Crippen molar-refractivity contribution in [2.24, 2.45) is 4.99 Å². The van der Waals surface area contributed by atoms with Crippen LogP contribution in [0.2, 0.25) is 0 Å². The highest BCUT2D eigenvalue weighted by molar-refractivity contribution is 5.39. The molecule has 0 unspecified atom stereocenters. The minimum atomic E-state index is 0.567. The molecule has 0 amide bonds. The molecule has 13 heavy (non-hydrogen) atoms. The molecule has 0 aromatic heterocycles. The molecule has 0 atom stereocenters. The highest BCUT2D eigenvalue weighted by Crippen LogP contribution is 2.12. The first-order valence-corrected chi connectivity index (χ1v) is 3.96. The van der Waals surface area contributed by atoms with Gasteiger partial charge >= 0.3 is 0 Å². The Morgan fingerprint density at radius 2 is 2.15 bits per heavy atom. The van der Waals surface area contributed by atoms with Gasteiger partial charge in [0, 0.05) is 7.05 Å². The van der Waals surface area contributed by atoms with Crippen molar-refractivity contribution in [2.75, 3.05) is 14.2 Å². The average molecular weight is 180 g/mol. The molecule has 0 saturated heterocycles. The van der Waals surface area contributed by atoms with Crippen LogP contribution in [0.4, 0.5) is 0 Å². The van der Waals surface area contributed by atoms with Crippen molar-refractivity contribution in [3.8, 4) is 0 Å². The Bertz CT molecular complexity index is 252. The standard InChI is InChI=1S/C10H16N2O/c1-6-7-9(13-5)10(12-4)8(2)11-3/h6-7,12H,2-3H2,1,4-5H3/b7-6-,10-9-. The zero-order chi connectivity index (χ0) is 10.3. The Morgan fingerprint density at radius 1 is 1.54 bits per heavy atom. The van der Waals surface area contributed by atoms with Gasteiger partial charge in [-0.05, 0) is 19.7 Å². The summed E-state index contributed by atoms with van der Waals surface area (Å²) in [6, 6.07) is 0. The monoisotopic (exact) mass is 180 g/mol. The van der Waals surface area contributed by atoms with Crippen LogP contribution in [0, 0.1) is 0 Å². The molecular weight excluding hydrogens is 164 g/mol. The second kappa shape index (κ2) is 6.06. The Balaban J connectivity index is 5.03. The van der Waals surface area contributed by atoms with Crippen LogP contribution >= 0.6 is 0 Å². The van der Waals surface area contributed by atoms with Crippen molar-refractivity contribution in [3.05, 3.63) is 35.9 Å². The number of hydrogen-bond acceptors (Lipinski definition) is 3. The fourth-order valence-corrected chi connectivity index (χ4v) is 0.894. The Labute approximate surface area is 79.5 Å². The van der Waals surface area contributed by atoms with Crippen LogP contribution in [0.1, 0.15) is 6.92 Å². The van der Waals surface area contributed by atoms with Gasteiger partial charge in [-0.3, -0.25) is 4.99 Å². The number of ether oxygens (including phenoxy) is 1. The predicted octanol–water partition coefficient (Wildman–Crippen LogP) is 1.85. The van der Waals surface area contributed by atoms with Crippen molar-refractivity contribution in [3.63, 3.8) is 0 Å². The van der Waals surface area contributed by atoms with Crippen LogP contribution in [-0.4, -0.2) is 20.9 Å². The summed E-state index contributed by atoms with van der Waals surface area (Å²) < 4.78 is 5.15. The molecule has 0 rings (SSSR count). The number of nitrogens with one attached hydrogen (secondary N) is 1. The number of methoxy groups -OCH3 is 1. The normalized spacial score (nSPS) is 12.2. The molecule has 1 N–H and O–H groups in total. The van der Waals surface area contributed by atoms with E-state index in [1.165, 1.54) is 0 Å². The van der Waals surface area contributed by atoms with E-state index in [9.17, 15) is 0 Å². The van der Waals surface area contributed by atoms with Gasteiger partial charge in [-0.25, -0.2) is 0 Å². The molecular formula is C10H16N2O. The molecule has 0 aromatic carbocycles. The van der Waals surface area contributed by atoms with Crippen LogP contribution in [0.5, 0.6) is 0 Å². The summed E-state index contributed by atoms with van der Waals surface area (Å²) in [5, 5.41) is 2.96. The van der Waals surface area contributed by atoms with Gasteiger partial charge in [0.15, 0.2) is 0 Å². The van der Waals surface area contributed by atoms with Crippen molar-refractivity contribution in [1.29, 1.82) is 0 Å². The lowest BCUT2D eigenvalue weighted by atomic mass is 10.3. The number of likely N-dealkylation sites (N-methyl/N-ethyl adjacent to an activating group) is 1. The van der Waals surface area contributed by atoms with Crippen LogP contribution in [0.3, 0.4) is 0 Å². The van der Waals surface area contributed by atoms with Gasteiger partial charge in [0.05, 0.1) is 12.8 Å². The summed E-state index contributed by atoms with van der Waals surface area (Å²) in [6.07, 6.45) is 3.72. The zero-order valence-electron chi connectivity index (χ0n) is 8.42. The number of aliphatic imine (C=N–C) groups is 1. The second-order valence-electron chi connectivity index (χ2n) is 2.30. The van der Waals surface area contributed by atoms with Gasteiger partial charge in [-0.15, -0.1) is 0 Å². The van der Waals surface area contributed by atoms with Gasteiger partial charge in [-0.2, -0.15) is 0 Å². The highest BCUT2D eigenvalue weighted by atomic mass is 16.5. The molecule has 3 heteroatoms. The first-order valence-electron chi connectivity index (χ1n) is 3.96. The van der Waals surface area contributed by atoms with E-state index in [4.69, 9.17) is 4.74 Å². The van der Waals surface area contributed by atoms with Crippen LogP contribution in [0.15, 0.2) is 40.9 Å². The maximum absolute atomic E-state index is 5.15. The van der Waals surface area contributed by atoms with Crippen molar-refractivity contribution in [1.82, 2.24) is 5.32 Å². The lowest BCUT2D eigenvalue weighted by Crippen LogP contribution is -2.10. The molecule has 0 aliphatic heterocycles. The fraction of sp³-hybridized carbons (Fsp3) is 0.300. The smallest absolute Gasteiger partial charge is 0.143 e. The van der Waals surface area contributed by atoms with E-state index in [0.717, 1.165) is 5.70 Å². The van der Waals surface area contributed by atoms with E-state index in [-0.39, 0.29) is 0 Å². The van der Waals surface area contributed by atoms with E-state index >= 15 is 0 Å². The summed E-state index contributed by atoms with van der Waals surface area (Å²) in [5.41, 5.74) is 1.31. The van der Waals surface area contributed by atoms with E-state index in [0.29, 0.717) is 11.5 Å². The third kappa shape index (κ3) is 3.15. The molecule has 0 radical (unpaired) electrons. The molecule has 0 spiro atoms. The quantitative estimate of drug-likeness (QED) is 0.398. The van der Waals surface area contributed by atoms with E-state index in [1.807, 2.05) is 19.1 Å². The minimum absolute atomic E-state index is 0.567. The van der Waals surface area contributed by atoms with Crippen molar-refractivity contribution < 1.29 is 4.74 Å². The topological polar surface area (TPSA) is 33.6 Å². The van der Waals surface area contributed by atoms with E-state index < -0.39 is 0 Å². The van der Waals surface area contributed by atoms with Crippen molar-refractivity contribution in [2.45, 2.75) is 6.92 Å². The largest absolute Gasteiger partial charge is 0.495 e. The minimum Gasteiger partial charge on any atom is -0.495 e.